The quantitative estimate of drug-likeness (QED) is 0.434. The highest BCUT2D eigenvalue weighted by Gasteiger charge is 2.20. The molecule has 0 aliphatic heterocycles. The molecule has 0 saturated carbocycles. The smallest absolute Gasteiger partial charge is 0.339 e. The fourth-order valence-corrected chi connectivity index (χ4v) is 3.22. The second-order valence-electron chi connectivity index (χ2n) is 7.20. The van der Waals surface area contributed by atoms with Crippen molar-refractivity contribution in [3.63, 3.8) is 0 Å². The SMILES string of the molecule is CCc1ccc(C(C)NC(=O)COC(=O)c2ccccc2C(=O)c2ccccc2)cc1. The molecule has 1 atom stereocenters. The van der Waals surface area contributed by atoms with Gasteiger partial charge in [-0.3, -0.25) is 9.59 Å². The summed E-state index contributed by atoms with van der Waals surface area (Å²) in [6, 6.07) is 22.9. The van der Waals surface area contributed by atoms with Crippen molar-refractivity contribution >= 4 is 17.7 Å². The molecule has 0 bridgehead atoms. The lowest BCUT2D eigenvalue weighted by Crippen LogP contribution is -2.31. The number of ether oxygens (including phenoxy) is 1. The van der Waals surface area contributed by atoms with Crippen LogP contribution in [0.1, 0.15) is 57.3 Å². The standard InChI is InChI=1S/C26H25NO4/c1-3-19-13-15-20(16-14-19)18(2)27-24(28)17-31-26(30)23-12-8-7-11-22(23)25(29)21-9-5-4-6-10-21/h4-16,18H,3,17H2,1-2H3,(H,27,28). The van der Waals surface area contributed by atoms with Crippen molar-refractivity contribution in [3.8, 4) is 0 Å². The molecule has 3 aromatic rings. The minimum atomic E-state index is -0.713. The van der Waals surface area contributed by atoms with E-state index in [9.17, 15) is 14.4 Å². The Morgan fingerprint density at radius 2 is 1.45 bits per heavy atom. The zero-order chi connectivity index (χ0) is 22.2. The van der Waals surface area contributed by atoms with Gasteiger partial charge < -0.3 is 10.1 Å². The molecule has 3 aromatic carbocycles. The van der Waals surface area contributed by atoms with E-state index in [4.69, 9.17) is 4.74 Å². The molecule has 5 heteroatoms. The van der Waals surface area contributed by atoms with E-state index < -0.39 is 18.5 Å². The fraction of sp³-hybridized carbons (Fsp3) is 0.192. The molecular weight excluding hydrogens is 390 g/mol. The van der Waals surface area contributed by atoms with Crippen LogP contribution in [0.3, 0.4) is 0 Å². The molecular formula is C26H25NO4. The lowest BCUT2D eigenvalue weighted by molar-refractivity contribution is -0.124. The molecule has 0 heterocycles. The molecule has 3 rings (SSSR count). The van der Waals surface area contributed by atoms with E-state index in [1.165, 1.54) is 11.6 Å². The number of amides is 1. The number of hydrogen-bond donors (Lipinski definition) is 1. The Balaban J connectivity index is 1.61. The Bertz CT molecular complexity index is 1060. The Hall–Kier alpha value is -3.73. The minimum absolute atomic E-state index is 0.132. The van der Waals surface area contributed by atoms with Crippen LogP contribution in [-0.4, -0.2) is 24.3 Å². The number of aryl methyl sites for hydroxylation is 1. The largest absolute Gasteiger partial charge is 0.452 e. The first-order valence-corrected chi connectivity index (χ1v) is 10.2. The van der Waals surface area contributed by atoms with Crippen molar-refractivity contribution in [1.29, 1.82) is 0 Å². The van der Waals surface area contributed by atoms with E-state index in [1.54, 1.807) is 42.5 Å². The van der Waals surface area contributed by atoms with Gasteiger partial charge in [0.1, 0.15) is 0 Å². The van der Waals surface area contributed by atoms with Gasteiger partial charge in [0.15, 0.2) is 12.4 Å². The summed E-state index contributed by atoms with van der Waals surface area (Å²) in [4.78, 5) is 37.6. The van der Waals surface area contributed by atoms with Crippen molar-refractivity contribution < 1.29 is 19.1 Å². The van der Waals surface area contributed by atoms with E-state index in [2.05, 4.69) is 12.2 Å². The van der Waals surface area contributed by atoms with E-state index in [-0.39, 0.29) is 23.0 Å². The van der Waals surface area contributed by atoms with Crippen LogP contribution >= 0.6 is 0 Å². The van der Waals surface area contributed by atoms with Crippen molar-refractivity contribution in [1.82, 2.24) is 5.32 Å². The third kappa shape index (κ3) is 5.66. The first-order valence-electron chi connectivity index (χ1n) is 10.2. The highest BCUT2D eigenvalue weighted by atomic mass is 16.5. The fourth-order valence-electron chi connectivity index (χ4n) is 3.22. The summed E-state index contributed by atoms with van der Waals surface area (Å²) >= 11 is 0. The maximum atomic E-state index is 12.8. The lowest BCUT2D eigenvalue weighted by Gasteiger charge is -2.15. The number of esters is 1. The van der Waals surface area contributed by atoms with E-state index in [1.807, 2.05) is 37.3 Å². The average Bonchev–Trinajstić information content (AvgIpc) is 2.82. The normalized spacial score (nSPS) is 11.4. The predicted octanol–water partition coefficient (Wildman–Crippen LogP) is 4.51. The molecule has 158 valence electrons. The Labute approximate surface area is 182 Å². The van der Waals surface area contributed by atoms with Crippen LogP contribution in [-0.2, 0) is 16.0 Å². The molecule has 31 heavy (non-hydrogen) atoms. The number of carbonyl (C=O) groups excluding carboxylic acids is 3. The third-order valence-electron chi connectivity index (χ3n) is 5.03. The molecule has 0 aliphatic carbocycles. The Morgan fingerprint density at radius 3 is 2.10 bits per heavy atom. The molecule has 0 aliphatic rings. The van der Waals surface area contributed by atoms with Crippen LogP contribution in [0.15, 0.2) is 78.9 Å². The van der Waals surface area contributed by atoms with Crippen LogP contribution in [0.25, 0.3) is 0 Å². The second-order valence-corrected chi connectivity index (χ2v) is 7.20. The van der Waals surface area contributed by atoms with Crippen LogP contribution in [0.5, 0.6) is 0 Å². The van der Waals surface area contributed by atoms with Crippen LogP contribution < -0.4 is 5.32 Å². The number of carbonyl (C=O) groups is 3. The van der Waals surface area contributed by atoms with Gasteiger partial charge in [-0.15, -0.1) is 0 Å². The van der Waals surface area contributed by atoms with Gasteiger partial charge in [0.05, 0.1) is 11.6 Å². The van der Waals surface area contributed by atoms with Gasteiger partial charge in [0.25, 0.3) is 5.91 Å². The molecule has 5 nitrogen and oxygen atoms in total. The highest BCUT2D eigenvalue weighted by molar-refractivity contribution is 6.14. The molecule has 0 aromatic heterocycles. The summed E-state index contributed by atoms with van der Waals surface area (Å²) in [6.45, 7) is 3.53. The van der Waals surface area contributed by atoms with Crippen LogP contribution in [0.4, 0.5) is 0 Å². The maximum Gasteiger partial charge on any atom is 0.339 e. The number of nitrogens with one attached hydrogen (secondary N) is 1. The van der Waals surface area contributed by atoms with Gasteiger partial charge in [0.2, 0.25) is 0 Å². The monoisotopic (exact) mass is 415 g/mol. The second kappa shape index (κ2) is 10.3. The van der Waals surface area contributed by atoms with Crippen LogP contribution in [0.2, 0.25) is 0 Å². The molecule has 1 amide bonds. The van der Waals surface area contributed by atoms with Gasteiger partial charge in [-0.1, -0.05) is 79.7 Å². The Kier molecular flexibility index (Phi) is 7.33. The summed E-state index contributed by atoms with van der Waals surface area (Å²) in [5.41, 5.74) is 3.04. The maximum absolute atomic E-state index is 12.8. The van der Waals surface area contributed by atoms with Crippen molar-refractivity contribution in [2.45, 2.75) is 26.3 Å². The van der Waals surface area contributed by atoms with Gasteiger partial charge in [-0.2, -0.15) is 0 Å². The molecule has 1 unspecified atom stereocenters. The van der Waals surface area contributed by atoms with E-state index in [0.717, 1.165) is 12.0 Å². The number of benzene rings is 3. The van der Waals surface area contributed by atoms with Crippen molar-refractivity contribution in [2.24, 2.45) is 0 Å². The number of ketones is 1. The zero-order valence-corrected chi connectivity index (χ0v) is 17.6. The summed E-state index contributed by atoms with van der Waals surface area (Å²) in [7, 11) is 0. The number of rotatable bonds is 8. The number of hydrogen-bond acceptors (Lipinski definition) is 4. The topological polar surface area (TPSA) is 72.5 Å². The van der Waals surface area contributed by atoms with Gasteiger partial charge in [-0.25, -0.2) is 4.79 Å². The third-order valence-corrected chi connectivity index (χ3v) is 5.03. The average molecular weight is 415 g/mol. The molecule has 0 saturated heterocycles. The van der Waals surface area contributed by atoms with Crippen LogP contribution in [0, 0.1) is 0 Å². The van der Waals surface area contributed by atoms with Crippen molar-refractivity contribution in [3.05, 3.63) is 107 Å². The molecule has 0 radical (unpaired) electrons. The first-order chi connectivity index (χ1) is 15.0. The Morgan fingerprint density at radius 1 is 0.839 bits per heavy atom. The summed E-state index contributed by atoms with van der Waals surface area (Å²) in [5.74, 6) is -1.40. The minimum Gasteiger partial charge on any atom is -0.452 e. The van der Waals surface area contributed by atoms with E-state index in [0.29, 0.717) is 5.56 Å². The molecule has 0 fully saturated rings. The summed E-state index contributed by atoms with van der Waals surface area (Å²) in [6.07, 6.45) is 0.950. The van der Waals surface area contributed by atoms with Crippen molar-refractivity contribution in [2.75, 3.05) is 6.61 Å². The predicted molar refractivity (Wildman–Crippen MR) is 119 cm³/mol. The highest BCUT2D eigenvalue weighted by Crippen LogP contribution is 2.16. The lowest BCUT2D eigenvalue weighted by atomic mass is 9.98. The molecule has 1 N–H and O–H groups in total. The molecule has 0 spiro atoms. The zero-order valence-electron chi connectivity index (χ0n) is 17.6. The van der Waals surface area contributed by atoms with Gasteiger partial charge in [0, 0.05) is 11.1 Å². The van der Waals surface area contributed by atoms with Gasteiger partial charge >= 0.3 is 5.97 Å². The van der Waals surface area contributed by atoms with E-state index >= 15 is 0 Å². The van der Waals surface area contributed by atoms with Gasteiger partial charge in [-0.05, 0) is 30.5 Å². The first kappa shape index (κ1) is 22.0. The summed E-state index contributed by atoms with van der Waals surface area (Å²) < 4.78 is 5.19. The summed E-state index contributed by atoms with van der Waals surface area (Å²) in [5, 5.41) is 2.82.